The van der Waals surface area contributed by atoms with Crippen molar-refractivity contribution in [1.82, 2.24) is 14.8 Å². The Kier molecular flexibility index (Phi) is 5.05. The summed E-state index contributed by atoms with van der Waals surface area (Å²) in [5, 5.41) is 17.4. The highest BCUT2D eigenvalue weighted by Gasteiger charge is 2.17. The van der Waals surface area contributed by atoms with Gasteiger partial charge in [0.2, 0.25) is 0 Å². The van der Waals surface area contributed by atoms with E-state index in [0.29, 0.717) is 12.4 Å². The summed E-state index contributed by atoms with van der Waals surface area (Å²) >= 11 is 0. The molecule has 144 valence electrons. The summed E-state index contributed by atoms with van der Waals surface area (Å²) in [4.78, 5) is 15.8. The van der Waals surface area contributed by atoms with Gasteiger partial charge in [0.15, 0.2) is 0 Å². The highest BCUT2D eigenvalue weighted by atomic mass is 16.4. The third kappa shape index (κ3) is 3.71. The first-order valence-electron chi connectivity index (χ1n) is 9.06. The van der Waals surface area contributed by atoms with Crippen LogP contribution in [0.2, 0.25) is 0 Å². The van der Waals surface area contributed by atoms with Crippen LogP contribution in [0.1, 0.15) is 15.9 Å². The van der Waals surface area contributed by atoms with Gasteiger partial charge < -0.3 is 16.2 Å². The van der Waals surface area contributed by atoms with Gasteiger partial charge in [-0.3, -0.25) is 0 Å². The lowest BCUT2D eigenvalue weighted by Gasteiger charge is -2.13. The number of carboxylic acid groups (broad SMARTS) is 1. The van der Waals surface area contributed by atoms with Gasteiger partial charge in [-0.05, 0) is 23.8 Å². The summed E-state index contributed by atoms with van der Waals surface area (Å²) in [6.45, 7) is 0.347. The molecule has 2 aromatic heterocycles. The highest BCUT2D eigenvalue weighted by Crippen LogP contribution is 2.28. The molecule has 4 N–H and O–H groups in total. The standard InChI is InChI=1S/C22H19N5O2/c23-14-16-9-4-5-11-19(16)27-20(13-18(26-27)15-7-2-1-3-8-15)25-21-17(22(28)29)10-6-12-24-21/h1-13H,14,23H2,(H,24,25)(H,28,29). The van der Waals surface area contributed by atoms with Crippen LogP contribution in [0.15, 0.2) is 79.0 Å². The van der Waals surface area contributed by atoms with Crippen molar-refractivity contribution in [2.75, 3.05) is 5.32 Å². The van der Waals surface area contributed by atoms with Crippen LogP contribution < -0.4 is 11.1 Å². The third-order valence-corrected chi connectivity index (χ3v) is 4.50. The van der Waals surface area contributed by atoms with Gasteiger partial charge in [0, 0.05) is 24.4 Å². The van der Waals surface area contributed by atoms with E-state index in [1.165, 1.54) is 6.07 Å². The van der Waals surface area contributed by atoms with E-state index in [1.807, 2.05) is 60.7 Å². The summed E-state index contributed by atoms with van der Waals surface area (Å²) in [6, 6.07) is 22.4. The first kappa shape index (κ1) is 18.4. The molecular weight excluding hydrogens is 366 g/mol. The molecule has 0 aliphatic rings. The molecule has 0 atom stereocenters. The van der Waals surface area contributed by atoms with Gasteiger partial charge in [0.1, 0.15) is 17.2 Å². The number of para-hydroxylation sites is 1. The molecule has 0 bridgehead atoms. The van der Waals surface area contributed by atoms with Crippen LogP contribution in [0.4, 0.5) is 11.6 Å². The van der Waals surface area contributed by atoms with Gasteiger partial charge in [-0.15, -0.1) is 0 Å². The van der Waals surface area contributed by atoms with Gasteiger partial charge in [0.25, 0.3) is 0 Å². The molecular formula is C22H19N5O2. The Balaban J connectivity index is 1.86. The van der Waals surface area contributed by atoms with Crippen molar-refractivity contribution in [2.45, 2.75) is 6.54 Å². The molecule has 0 radical (unpaired) electrons. The van der Waals surface area contributed by atoms with Crippen molar-refractivity contribution in [1.29, 1.82) is 0 Å². The van der Waals surface area contributed by atoms with Crippen molar-refractivity contribution in [3.8, 4) is 16.9 Å². The fraction of sp³-hybridized carbons (Fsp3) is 0.0455. The average molecular weight is 385 g/mol. The second kappa shape index (κ2) is 7.95. The Morgan fingerprint density at radius 1 is 1.03 bits per heavy atom. The summed E-state index contributed by atoms with van der Waals surface area (Å²) in [7, 11) is 0. The summed E-state index contributed by atoms with van der Waals surface area (Å²) < 4.78 is 1.73. The molecule has 4 rings (SSSR count). The second-order valence-corrected chi connectivity index (χ2v) is 6.36. The molecule has 0 aliphatic heterocycles. The molecule has 29 heavy (non-hydrogen) atoms. The molecule has 7 heteroatoms. The average Bonchev–Trinajstić information content (AvgIpc) is 3.18. The van der Waals surface area contributed by atoms with E-state index in [1.54, 1.807) is 16.9 Å². The molecule has 2 aromatic carbocycles. The molecule has 4 aromatic rings. The van der Waals surface area contributed by atoms with Crippen LogP contribution in [0.3, 0.4) is 0 Å². The number of aromatic nitrogens is 3. The van der Waals surface area contributed by atoms with Crippen LogP contribution in [0.25, 0.3) is 16.9 Å². The fourth-order valence-corrected chi connectivity index (χ4v) is 3.09. The molecule has 0 amide bonds. The number of benzene rings is 2. The van der Waals surface area contributed by atoms with Crippen molar-refractivity contribution in [3.05, 3.63) is 90.1 Å². The molecule has 0 fully saturated rings. The zero-order chi connectivity index (χ0) is 20.2. The lowest BCUT2D eigenvalue weighted by molar-refractivity contribution is 0.0697. The first-order valence-corrected chi connectivity index (χ1v) is 9.06. The van der Waals surface area contributed by atoms with Crippen LogP contribution in [-0.2, 0) is 6.54 Å². The Morgan fingerprint density at radius 2 is 1.79 bits per heavy atom. The Morgan fingerprint density at radius 3 is 2.55 bits per heavy atom. The number of carbonyl (C=O) groups is 1. The Bertz CT molecular complexity index is 1150. The minimum Gasteiger partial charge on any atom is -0.478 e. The number of nitrogens with one attached hydrogen (secondary N) is 1. The van der Waals surface area contributed by atoms with Gasteiger partial charge >= 0.3 is 5.97 Å². The maximum atomic E-state index is 11.6. The van der Waals surface area contributed by atoms with Crippen LogP contribution in [-0.4, -0.2) is 25.8 Å². The van der Waals surface area contributed by atoms with Gasteiger partial charge in [0.05, 0.1) is 11.4 Å². The smallest absolute Gasteiger partial charge is 0.339 e. The second-order valence-electron chi connectivity index (χ2n) is 6.36. The van der Waals surface area contributed by atoms with Crippen LogP contribution >= 0.6 is 0 Å². The van der Waals surface area contributed by atoms with E-state index < -0.39 is 5.97 Å². The number of nitrogens with two attached hydrogens (primary N) is 1. The quantitative estimate of drug-likeness (QED) is 0.466. The number of aromatic carboxylic acids is 1. The first-order chi connectivity index (χ1) is 14.2. The molecule has 0 unspecified atom stereocenters. The van der Waals surface area contributed by atoms with Gasteiger partial charge in [-0.25, -0.2) is 14.5 Å². The number of hydrogen-bond donors (Lipinski definition) is 3. The predicted octanol–water partition coefficient (Wildman–Crippen LogP) is 3.83. The van der Waals surface area contributed by atoms with E-state index in [-0.39, 0.29) is 11.4 Å². The maximum Gasteiger partial charge on any atom is 0.339 e. The zero-order valence-electron chi connectivity index (χ0n) is 15.5. The molecule has 0 spiro atoms. The molecule has 0 saturated heterocycles. The van der Waals surface area contributed by atoms with E-state index >= 15 is 0 Å². The Hall–Kier alpha value is -3.97. The lowest BCUT2D eigenvalue weighted by Crippen LogP contribution is -2.10. The molecule has 7 nitrogen and oxygen atoms in total. The van der Waals surface area contributed by atoms with E-state index in [9.17, 15) is 9.90 Å². The fourth-order valence-electron chi connectivity index (χ4n) is 3.09. The summed E-state index contributed by atoms with van der Waals surface area (Å²) in [5.74, 6) is -0.228. The van der Waals surface area contributed by atoms with E-state index in [2.05, 4.69) is 10.3 Å². The number of anilines is 2. The van der Waals surface area contributed by atoms with Crippen LogP contribution in [0.5, 0.6) is 0 Å². The van der Waals surface area contributed by atoms with Crippen molar-refractivity contribution in [2.24, 2.45) is 5.73 Å². The largest absolute Gasteiger partial charge is 0.478 e. The lowest BCUT2D eigenvalue weighted by atomic mass is 10.1. The zero-order valence-corrected chi connectivity index (χ0v) is 15.5. The normalized spacial score (nSPS) is 10.7. The van der Waals surface area contributed by atoms with Gasteiger partial charge in [-0.2, -0.15) is 5.10 Å². The minimum absolute atomic E-state index is 0.0774. The number of carboxylic acids is 1. The SMILES string of the molecule is NCc1ccccc1-n1nc(-c2ccccc2)cc1Nc1ncccc1C(=O)O. The molecule has 2 heterocycles. The minimum atomic E-state index is -1.06. The topological polar surface area (TPSA) is 106 Å². The predicted molar refractivity (Wildman–Crippen MR) is 111 cm³/mol. The third-order valence-electron chi connectivity index (χ3n) is 4.50. The van der Waals surface area contributed by atoms with Crippen molar-refractivity contribution in [3.63, 3.8) is 0 Å². The Labute approximate surface area is 167 Å². The monoisotopic (exact) mass is 385 g/mol. The molecule has 0 aliphatic carbocycles. The van der Waals surface area contributed by atoms with E-state index in [0.717, 1.165) is 22.5 Å². The highest BCUT2D eigenvalue weighted by molar-refractivity contribution is 5.93. The number of hydrogen-bond acceptors (Lipinski definition) is 5. The summed E-state index contributed by atoms with van der Waals surface area (Å²) in [6.07, 6.45) is 1.54. The summed E-state index contributed by atoms with van der Waals surface area (Å²) in [5.41, 5.74) is 9.41. The number of pyridine rings is 1. The number of nitrogens with zero attached hydrogens (tertiary/aromatic N) is 3. The van der Waals surface area contributed by atoms with Gasteiger partial charge in [-0.1, -0.05) is 48.5 Å². The van der Waals surface area contributed by atoms with Crippen molar-refractivity contribution < 1.29 is 9.90 Å². The van der Waals surface area contributed by atoms with Crippen LogP contribution in [0, 0.1) is 0 Å². The van der Waals surface area contributed by atoms with E-state index in [4.69, 9.17) is 10.8 Å². The molecule has 0 saturated carbocycles. The van der Waals surface area contributed by atoms with Crippen molar-refractivity contribution >= 4 is 17.6 Å². The number of rotatable bonds is 6. The maximum absolute atomic E-state index is 11.6.